The molecule has 0 saturated carbocycles. The summed E-state index contributed by atoms with van der Waals surface area (Å²) in [4.78, 5) is 9.70. The van der Waals surface area contributed by atoms with Crippen LogP contribution in [0, 0.1) is 0 Å². The summed E-state index contributed by atoms with van der Waals surface area (Å²) in [6.45, 7) is 5.35. The molecule has 1 aliphatic rings. The molecule has 2 aromatic rings. The van der Waals surface area contributed by atoms with E-state index in [4.69, 9.17) is 0 Å². The van der Waals surface area contributed by atoms with E-state index in [-0.39, 0.29) is 5.75 Å². The van der Waals surface area contributed by atoms with E-state index in [1.807, 2.05) is 11.0 Å². The van der Waals surface area contributed by atoms with Crippen molar-refractivity contribution in [2.45, 2.75) is 31.4 Å². The van der Waals surface area contributed by atoms with Crippen LogP contribution in [0.25, 0.3) is 10.9 Å². The quantitative estimate of drug-likeness (QED) is 0.487. The molecule has 1 saturated heterocycles. The normalized spacial score (nSPS) is 19.7. The number of nitrogens with zero attached hydrogens (tertiary/aromatic N) is 2. The number of hydrogen-bond acceptors (Lipinski definition) is 3. The highest BCUT2D eigenvalue weighted by atomic mass is 32.2. The van der Waals surface area contributed by atoms with E-state index in [9.17, 15) is 8.42 Å². The summed E-state index contributed by atoms with van der Waals surface area (Å²) < 4.78 is 23.6. The maximum Gasteiger partial charge on any atom is 0.193 e. The Morgan fingerprint density at radius 2 is 2.12 bits per heavy atom. The Bertz CT molecular complexity index is 899. The summed E-state index contributed by atoms with van der Waals surface area (Å²) in [6.07, 6.45) is 4.04. The summed E-state index contributed by atoms with van der Waals surface area (Å²) in [7, 11) is -1.29. The standard InChI is InChI=1S/C19H28N4O2S/c1-19(2)14-23(11-12-26(19,24)25)18(20-3)21-10-6-7-15-13-22-17-9-5-4-8-16(15)17/h4-5,8-9,13,22H,6-7,10-12,14H2,1-3H3,(H,20,21). The van der Waals surface area contributed by atoms with Gasteiger partial charge in [-0.05, 0) is 38.3 Å². The van der Waals surface area contributed by atoms with Crippen LogP contribution in [0.5, 0.6) is 0 Å². The molecule has 0 radical (unpaired) electrons. The monoisotopic (exact) mass is 376 g/mol. The van der Waals surface area contributed by atoms with Gasteiger partial charge in [0.15, 0.2) is 15.8 Å². The summed E-state index contributed by atoms with van der Waals surface area (Å²) in [5.74, 6) is 0.961. The predicted molar refractivity (Wildman–Crippen MR) is 107 cm³/mol. The molecule has 1 aliphatic heterocycles. The maximum atomic E-state index is 12.2. The number of hydrogen-bond donors (Lipinski definition) is 2. The average Bonchev–Trinajstić information content (AvgIpc) is 3.01. The Hall–Kier alpha value is -2.02. The van der Waals surface area contributed by atoms with Crippen molar-refractivity contribution in [1.29, 1.82) is 0 Å². The molecule has 0 spiro atoms. The Labute approximate surface area is 155 Å². The van der Waals surface area contributed by atoms with Gasteiger partial charge in [-0.3, -0.25) is 4.99 Å². The van der Waals surface area contributed by atoms with E-state index in [0.717, 1.165) is 25.3 Å². The number of aliphatic imine (C=N–C) groups is 1. The number of aryl methyl sites for hydroxylation is 1. The van der Waals surface area contributed by atoms with Crippen LogP contribution in [-0.4, -0.2) is 61.4 Å². The number of nitrogens with one attached hydrogen (secondary N) is 2. The van der Waals surface area contributed by atoms with Gasteiger partial charge in [0.05, 0.1) is 10.5 Å². The SMILES string of the molecule is CN=C(NCCCc1c[nH]c2ccccc12)N1CCS(=O)(=O)C(C)(C)C1. The van der Waals surface area contributed by atoms with Crippen molar-refractivity contribution in [2.24, 2.45) is 4.99 Å². The van der Waals surface area contributed by atoms with Gasteiger partial charge >= 0.3 is 0 Å². The van der Waals surface area contributed by atoms with Gasteiger partial charge < -0.3 is 15.2 Å². The molecule has 1 fully saturated rings. The Morgan fingerprint density at radius 3 is 2.85 bits per heavy atom. The van der Waals surface area contributed by atoms with Gasteiger partial charge in [0, 0.05) is 43.8 Å². The zero-order chi connectivity index (χ0) is 18.8. The molecule has 0 aliphatic carbocycles. The smallest absolute Gasteiger partial charge is 0.193 e. The number of fused-ring (bicyclic) bond motifs is 1. The number of sulfone groups is 1. The van der Waals surface area contributed by atoms with Gasteiger partial charge in [-0.1, -0.05) is 18.2 Å². The molecule has 0 atom stereocenters. The highest BCUT2D eigenvalue weighted by Crippen LogP contribution is 2.23. The van der Waals surface area contributed by atoms with Gasteiger partial charge in [0.1, 0.15) is 0 Å². The zero-order valence-corrected chi connectivity index (χ0v) is 16.6. The van der Waals surface area contributed by atoms with Crippen molar-refractivity contribution in [1.82, 2.24) is 15.2 Å². The second-order valence-electron chi connectivity index (χ2n) is 7.44. The third kappa shape index (κ3) is 3.72. The molecule has 3 rings (SSSR count). The summed E-state index contributed by atoms with van der Waals surface area (Å²) in [5.41, 5.74) is 2.49. The van der Waals surface area contributed by atoms with Crippen LogP contribution in [0.2, 0.25) is 0 Å². The van der Waals surface area contributed by atoms with Gasteiger partial charge in [-0.2, -0.15) is 0 Å². The molecule has 7 heteroatoms. The number of guanidine groups is 1. The fourth-order valence-electron chi connectivity index (χ4n) is 3.47. The first-order valence-electron chi connectivity index (χ1n) is 9.07. The van der Waals surface area contributed by atoms with Crippen molar-refractivity contribution in [3.8, 4) is 0 Å². The lowest BCUT2D eigenvalue weighted by Gasteiger charge is -2.39. The molecule has 26 heavy (non-hydrogen) atoms. The van der Waals surface area contributed by atoms with Crippen molar-refractivity contribution in [3.63, 3.8) is 0 Å². The Morgan fingerprint density at radius 1 is 1.35 bits per heavy atom. The van der Waals surface area contributed by atoms with Crippen molar-refractivity contribution in [2.75, 3.05) is 32.4 Å². The number of rotatable bonds is 4. The molecule has 2 N–H and O–H groups in total. The van der Waals surface area contributed by atoms with E-state index in [2.05, 4.69) is 39.7 Å². The van der Waals surface area contributed by atoms with E-state index in [0.29, 0.717) is 13.1 Å². The lowest BCUT2D eigenvalue weighted by Crippen LogP contribution is -2.57. The van der Waals surface area contributed by atoms with Crippen LogP contribution in [-0.2, 0) is 16.3 Å². The molecular formula is C19H28N4O2S. The first-order chi connectivity index (χ1) is 12.3. The molecule has 0 unspecified atom stereocenters. The van der Waals surface area contributed by atoms with Crippen LogP contribution in [0.15, 0.2) is 35.5 Å². The summed E-state index contributed by atoms with van der Waals surface area (Å²) >= 11 is 0. The average molecular weight is 377 g/mol. The van der Waals surface area contributed by atoms with Crippen LogP contribution >= 0.6 is 0 Å². The van der Waals surface area contributed by atoms with Gasteiger partial charge in [0.2, 0.25) is 0 Å². The topological polar surface area (TPSA) is 77.6 Å². The maximum absolute atomic E-state index is 12.2. The summed E-state index contributed by atoms with van der Waals surface area (Å²) in [5, 5.41) is 4.66. The van der Waals surface area contributed by atoms with E-state index in [1.165, 1.54) is 16.5 Å². The van der Waals surface area contributed by atoms with Crippen LogP contribution in [0.4, 0.5) is 0 Å². The van der Waals surface area contributed by atoms with Crippen LogP contribution in [0.3, 0.4) is 0 Å². The first-order valence-corrected chi connectivity index (χ1v) is 10.7. The van der Waals surface area contributed by atoms with E-state index in [1.54, 1.807) is 20.9 Å². The molecule has 1 aromatic heterocycles. The third-order valence-corrected chi connectivity index (χ3v) is 7.67. The highest BCUT2D eigenvalue weighted by molar-refractivity contribution is 7.92. The zero-order valence-electron chi connectivity index (χ0n) is 15.7. The fourth-order valence-corrected chi connectivity index (χ4v) is 4.84. The lowest BCUT2D eigenvalue weighted by molar-refractivity contribution is 0.353. The predicted octanol–water partition coefficient (Wildman–Crippen LogP) is 2.18. The molecule has 1 aromatic carbocycles. The van der Waals surface area contributed by atoms with Crippen LogP contribution < -0.4 is 5.32 Å². The molecule has 0 amide bonds. The van der Waals surface area contributed by atoms with E-state index >= 15 is 0 Å². The number of para-hydroxylation sites is 1. The van der Waals surface area contributed by atoms with Gasteiger partial charge in [0.25, 0.3) is 0 Å². The lowest BCUT2D eigenvalue weighted by atomic mass is 10.1. The summed E-state index contributed by atoms with van der Waals surface area (Å²) in [6, 6.07) is 8.33. The number of H-pyrrole nitrogens is 1. The highest BCUT2D eigenvalue weighted by Gasteiger charge is 2.40. The number of aromatic nitrogens is 1. The molecule has 142 valence electrons. The Kier molecular flexibility index (Phi) is 5.27. The number of benzene rings is 1. The van der Waals surface area contributed by atoms with Crippen molar-refractivity contribution in [3.05, 3.63) is 36.0 Å². The minimum Gasteiger partial charge on any atom is -0.361 e. The number of aromatic amines is 1. The van der Waals surface area contributed by atoms with Gasteiger partial charge in [-0.25, -0.2) is 8.42 Å². The minimum atomic E-state index is -3.04. The first kappa shape index (κ1) is 18.8. The van der Waals surface area contributed by atoms with E-state index < -0.39 is 14.6 Å². The molecule has 0 bridgehead atoms. The molecular weight excluding hydrogens is 348 g/mol. The third-order valence-electron chi connectivity index (χ3n) is 5.14. The van der Waals surface area contributed by atoms with Crippen LogP contribution in [0.1, 0.15) is 25.8 Å². The minimum absolute atomic E-state index is 0.177. The second kappa shape index (κ2) is 7.31. The van der Waals surface area contributed by atoms with Crippen molar-refractivity contribution < 1.29 is 8.42 Å². The molecule has 2 heterocycles. The van der Waals surface area contributed by atoms with Crippen molar-refractivity contribution >= 4 is 26.7 Å². The second-order valence-corrected chi connectivity index (χ2v) is 10.2. The Balaban J connectivity index is 1.54. The van der Waals surface area contributed by atoms with Gasteiger partial charge in [-0.15, -0.1) is 0 Å². The molecule has 6 nitrogen and oxygen atoms in total. The fraction of sp³-hybridized carbons (Fsp3) is 0.526. The largest absolute Gasteiger partial charge is 0.361 e.